The molecule has 0 spiro atoms. The van der Waals surface area contributed by atoms with Crippen molar-refractivity contribution in [1.82, 2.24) is 5.32 Å². The first-order valence-electron chi connectivity index (χ1n) is 10.6. The van der Waals surface area contributed by atoms with E-state index in [-0.39, 0.29) is 6.42 Å². The third-order valence-electron chi connectivity index (χ3n) is 5.51. The van der Waals surface area contributed by atoms with E-state index < -0.39 is 23.5 Å². The molecule has 0 aliphatic heterocycles. The number of hydrogen-bond donors (Lipinski definition) is 1. The van der Waals surface area contributed by atoms with Crippen molar-refractivity contribution in [3.63, 3.8) is 0 Å². The Morgan fingerprint density at radius 3 is 2.29 bits per heavy atom. The number of carbonyl (C=O) groups is 2. The van der Waals surface area contributed by atoms with E-state index in [1.165, 1.54) is 20.3 Å². The van der Waals surface area contributed by atoms with Crippen molar-refractivity contribution in [2.75, 3.05) is 14.2 Å². The van der Waals surface area contributed by atoms with Crippen LogP contribution < -0.4 is 15.7 Å². The zero-order chi connectivity index (χ0) is 24.1. The van der Waals surface area contributed by atoms with Crippen LogP contribution in [0.3, 0.4) is 0 Å². The van der Waals surface area contributed by atoms with Gasteiger partial charge in [0.05, 0.1) is 14.2 Å². The lowest BCUT2D eigenvalue weighted by molar-refractivity contribution is -0.142. The molecular weight excluding hydrogens is 434 g/mol. The quantitative estimate of drug-likeness (QED) is 0.333. The first kappa shape index (κ1) is 22.8. The van der Waals surface area contributed by atoms with Crippen LogP contribution in [0.2, 0.25) is 0 Å². The highest BCUT2D eigenvalue weighted by atomic mass is 16.5. The number of fused-ring (bicyclic) bond motifs is 1. The molecule has 1 heterocycles. The summed E-state index contributed by atoms with van der Waals surface area (Å²) in [6, 6.07) is 22.3. The number of methoxy groups -OCH3 is 2. The molecule has 1 amide bonds. The van der Waals surface area contributed by atoms with E-state index in [2.05, 4.69) is 5.32 Å². The van der Waals surface area contributed by atoms with Crippen LogP contribution in [-0.2, 0) is 16.0 Å². The minimum Gasteiger partial charge on any atom is -0.497 e. The fraction of sp³-hybridized carbons (Fsp3) is 0.148. The summed E-state index contributed by atoms with van der Waals surface area (Å²) in [7, 11) is 2.76. The molecule has 0 fully saturated rings. The summed E-state index contributed by atoms with van der Waals surface area (Å²) in [4.78, 5) is 37.5. The zero-order valence-corrected chi connectivity index (χ0v) is 18.7. The number of nitrogens with one attached hydrogen (secondary N) is 1. The molecule has 7 heteroatoms. The first-order chi connectivity index (χ1) is 16.5. The van der Waals surface area contributed by atoms with E-state index in [1.807, 2.05) is 42.5 Å². The lowest BCUT2D eigenvalue weighted by Gasteiger charge is -2.17. The van der Waals surface area contributed by atoms with Gasteiger partial charge in [0, 0.05) is 29.5 Å². The van der Waals surface area contributed by atoms with Crippen LogP contribution in [0.5, 0.6) is 5.75 Å². The first-order valence-corrected chi connectivity index (χ1v) is 10.6. The van der Waals surface area contributed by atoms with Crippen molar-refractivity contribution in [2.45, 2.75) is 12.5 Å². The fourth-order valence-electron chi connectivity index (χ4n) is 3.75. The van der Waals surface area contributed by atoms with Gasteiger partial charge in [-0.1, -0.05) is 42.5 Å². The lowest BCUT2D eigenvalue weighted by Crippen LogP contribution is -2.43. The summed E-state index contributed by atoms with van der Waals surface area (Å²) in [6.45, 7) is 0. The molecule has 0 saturated heterocycles. The van der Waals surface area contributed by atoms with Crippen LogP contribution in [0.4, 0.5) is 0 Å². The molecule has 0 bridgehead atoms. The molecule has 1 atom stereocenters. The fourth-order valence-corrected chi connectivity index (χ4v) is 3.75. The maximum absolute atomic E-state index is 12.9. The molecule has 1 N–H and O–H groups in total. The van der Waals surface area contributed by atoms with E-state index in [1.54, 1.807) is 30.3 Å². The van der Waals surface area contributed by atoms with Gasteiger partial charge in [0.25, 0.3) is 5.91 Å². The second-order valence-electron chi connectivity index (χ2n) is 7.65. The summed E-state index contributed by atoms with van der Waals surface area (Å²) in [5.41, 5.74) is 2.71. The Morgan fingerprint density at radius 1 is 0.912 bits per heavy atom. The maximum Gasteiger partial charge on any atom is 0.336 e. The third-order valence-corrected chi connectivity index (χ3v) is 5.51. The van der Waals surface area contributed by atoms with Gasteiger partial charge in [-0.05, 0) is 41.0 Å². The van der Waals surface area contributed by atoms with Crippen molar-refractivity contribution in [3.8, 4) is 16.9 Å². The van der Waals surface area contributed by atoms with Crippen molar-refractivity contribution in [1.29, 1.82) is 0 Å². The van der Waals surface area contributed by atoms with Gasteiger partial charge < -0.3 is 19.2 Å². The van der Waals surface area contributed by atoms with E-state index in [0.29, 0.717) is 27.8 Å². The molecule has 0 saturated carbocycles. The van der Waals surface area contributed by atoms with Gasteiger partial charge in [-0.3, -0.25) is 4.79 Å². The minimum absolute atomic E-state index is 0.0505. The van der Waals surface area contributed by atoms with Gasteiger partial charge in [-0.25, -0.2) is 9.59 Å². The molecule has 4 aromatic rings. The average molecular weight is 457 g/mol. The van der Waals surface area contributed by atoms with Crippen LogP contribution >= 0.6 is 0 Å². The molecular formula is C27H23NO6. The Balaban J connectivity index is 1.58. The van der Waals surface area contributed by atoms with E-state index in [0.717, 1.165) is 11.1 Å². The number of ether oxygens (including phenoxy) is 2. The van der Waals surface area contributed by atoms with Gasteiger partial charge >= 0.3 is 11.6 Å². The van der Waals surface area contributed by atoms with E-state index in [4.69, 9.17) is 13.9 Å². The van der Waals surface area contributed by atoms with Crippen molar-refractivity contribution < 1.29 is 23.5 Å². The highest BCUT2D eigenvalue weighted by Gasteiger charge is 2.24. The molecule has 0 radical (unpaired) electrons. The predicted molar refractivity (Wildman–Crippen MR) is 128 cm³/mol. The van der Waals surface area contributed by atoms with Crippen LogP contribution in [0, 0.1) is 0 Å². The van der Waals surface area contributed by atoms with E-state index in [9.17, 15) is 14.4 Å². The summed E-state index contributed by atoms with van der Waals surface area (Å²) in [5.74, 6) is -0.516. The number of hydrogen-bond acceptors (Lipinski definition) is 6. The molecule has 0 aliphatic rings. The molecule has 1 aromatic heterocycles. The minimum atomic E-state index is -1.00. The monoisotopic (exact) mass is 457 g/mol. The summed E-state index contributed by atoms with van der Waals surface area (Å²) in [5, 5.41) is 3.36. The van der Waals surface area contributed by atoms with Gasteiger partial charge in [0.15, 0.2) is 0 Å². The van der Waals surface area contributed by atoms with Crippen LogP contribution in [0.15, 0.2) is 88.1 Å². The number of amides is 1. The molecule has 34 heavy (non-hydrogen) atoms. The lowest BCUT2D eigenvalue weighted by atomic mass is 10.0. The van der Waals surface area contributed by atoms with Gasteiger partial charge in [-0.2, -0.15) is 0 Å². The second kappa shape index (κ2) is 10.0. The molecule has 3 aromatic carbocycles. The number of rotatable bonds is 7. The summed E-state index contributed by atoms with van der Waals surface area (Å²) >= 11 is 0. The average Bonchev–Trinajstić information content (AvgIpc) is 2.87. The van der Waals surface area contributed by atoms with Crippen LogP contribution in [0.25, 0.3) is 22.1 Å². The molecule has 172 valence electrons. The largest absolute Gasteiger partial charge is 0.497 e. The Bertz CT molecular complexity index is 1380. The second-order valence-corrected chi connectivity index (χ2v) is 7.65. The Morgan fingerprint density at radius 2 is 1.62 bits per heavy atom. The maximum atomic E-state index is 12.9. The summed E-state index contributed by atoms with van der Waals surface area (Å²) < 4.78 is 15.4. The summed E-state index contributed by atoms with van der Waals surface area (Å²) in [6.07, 6.45) is 0.0505. The molecule has 0 unspecified atom stereocenters. The standard InChI is InChI=1S/C27H23NO6/c1-32-21-12-13-22-20(15-25(29)34-24(22)16-21)14-23(27(31)33-2)28-26(30)19-10-8-18(9-11-19)17-6-4-3-5-7-17/h3-13,15-16,23H,14H2,1-2H3,(H,28,30)/t23-/m0/s1. The smallest absolute Gasteiger partial charge is 0.336 e. The normalized spacial score (nSPS) is 11.6. The van der Waals surface area contributed by atoms with Crippen LogP contribution in [-0.4, -0.2) is 32.1 Å². The number of benzene rings is 3. The van der Waals surface area contributed by atoms with Gasteiger partial charge in [-0.15, -0.1) is 0 Å². The van der Waals surface area contributed by atoms with Gasteiger partial charge in [0.1, 0.15) is 17.4 Å². The Hall–Kier alpha value is -4.39. The Labute approximate surface area is 195 Å². The zero-order valence-electron chi connectivity index (χ0n) is 18.7. The number of esters is 1. The van der Waals surface area contributed by atoms with Gasteiger partial charge in [0.2, 0.25) is 0 Å². The highest BCUT2D eigenvalue weighted by molar-refractivity contribution is 5.97. The number of carbonyl (C=O) groups excluding carboxylic acids is 2. The van der Waals surface area contributed by atoms with Crippen molar-refractivity contribution in [3.05, 3.63) is 100 Å². The van der Waals surface area contributed by atoms with Crippen molar-refractivity contribution in [2.24, 2.45) is 0 Å². The SMILES string of the molecule is COC(=O)[C@H](Cc1cc(=O)oc2cc(OC)ccc12)NC(=O)c1ccc(-c2ccccc2)cc1. The topological polar surface area (TPSA) is 94.8 Å². The predicted octanol–water partition coefficient (Wildman–Crippen LogP) is 3.98. The molecule has 7 nitrogen and oxygen atoms in total. The highest BCUT2D eigenvalue weighted by Crippen LogP contribution is 2.24. The Kier molecular flexibility index (Phi) is 6.73. The van der Waals surface area contributed by atoms with Crippen molar-refractivity contribution >= 4 is 22.8 Å². The molecule has 0 aliphatic carbocycles. The van der Waals surface area contributed by atoms with E-state index >= 15 is 0 Å². The third kappa shape index (κ3) is 4.99. The molecule has 4 rings (SSSR count). The van der Waals surface area contributed by atoms with Crippen LogP contribution in [0.1, 0.15) is 15.9 Å².